The van der Waals surface area contributed by atoms with Gasteiger partial charge in [0.2, 0.25) is 11.8 Å². The molecule has 1 saturated carbocycles. The third kappa shape index (κ3) is 7.48. The molecular weight excluding hydrogens is 360 g/mol. The first-order valence-electron chi connectivity index (χ1n) is 10.4. The van der Waals surface area contributed by atoms with E-state index in [4.69, 9.17) is 11.5 Å². The van der Waals surface area contributed by atoms with Gasteiger partial charge in [-0.2, -0.15) is 0 Å². The highest BCUT2D eigenvalue weighted by atomic mass is 16.3. The Hall–Kier alpha value is -1.51. The molecule has 7 N–H and O–H groups in total. The van der Waals surface area contributed by atoms with Crippen LogP contribution in [0.15, 0.2) is 0 Å². The molecule has 0 saturated heterocycles. The largest absolute Gasteiger partial charge is 0.391 e. The minimum Gasteiger partial charge on any atom is -0.391 e. The molecule has 1 aliphatic carbocycles. The molecular formula is C20H38N4O4. The molecule has 0 aromatic rings. The van der Waals surface area contributed by atoms with Gasteiger partial charge < -0.3 is 27.2 Å². The Morgan fingerprint density at radius 1 is 1.00 bits per heavy atom. The van der Waals surface area contributed by atoms with Crippen LogP contribution in [0.25, 0.3) is 0 Å². The minimum absolute atomic E-state index is 0.0415. The molecule has 0 spiro atoms. The van der Waals surface area contributed by atoms with Crippen LogP contribution in [0, 0.1) is 17.8 Å². The van der Waals surface area contributed by atoms with E-state index < -0.39 is 24.1 Å². The first kappa shape index (κ1) is 24.5. The Kier molecular flexibility index (Phi) is 10.6. The Labute approximate surface area is 168 Å². The van der Waals surface area contributed by atoms with Crippen molar-refractivity contribution in [1.29, 1.82) is 0 Å². The molecule has 0 aromatic carbocycles. The number of hydrogen-bond donors (Lipinski definition) is 5. The van der Waals surface area contributed by atoms with E-state index >= 15 is 0 Å². The first-order valence-corrected chi connectivity index (χ1v) is 10.4. The number of amides is 2. The Balaban J connectivity index is 2.70. The van der Waals surface area contributed by atoms with E-state index in [1.165, 1.54) is 13.3 Å². The van der Waals surface area contributed by atoms with Crippen LogP contribution in [0.1, 0.15) is 59.3 Å². The average Bonchev–Trinajstić information content (AvgIpc) is 2.67. The summed E-state index contributed by atoms with van der Waals surface area (Å²) in [6.07, 6.45) is 4.81. The number of nitrogens with two attached hydrogens (primary N) is 2. The van der Waals surface area contributed by atoms with Crippen molar-refractivity contribution in [2.75, 3.05) is 13.1 Å². The van der Waals surface area contributed by atoms with Crippen molar-refractivity contribution in [2.45, 2.75) is 77.5 Å². The Morgan fingerprint density at radius 2 is 1.61 bits per heavy atom. The van der Waals surface area contributed by atoms with Gasteiger partial charge in [-0.05, 0) is 25.3 Å². The van der Waals surface area contributed by atoms with Gasteiger partial charge in [-0.3, -0.25) is 14.4 Å². The molecule has 4 atom stereocenters. The number of Topliss-reactive ketones (excluding diaryl/α,β-unsaturated/α-hetero) is 1. The van der Waals surface area contributed by atoms with Crippen molar-refractivity contribution in [3.63, 3.8) is 0 Å². The molecule has 8 nitrogen and oxygen atoms in total. The molecule has 0 bridgehead atoms. The lowest BCUT2D eigenvalue weighted by Crippen LogP contribution is -2.57. The fourth-order valence-corrected chi connectivity index (χ4v) is 3.83. The maximum atomic E-state index is 12.6. The van der Waals surface area contributed by atoms with Gasteiger partial charge in [0, 0.05) is 18.9 Å². The average molecular weight is 399 g/mol. The van der Waals surface area contributed by atoms with Crippen LogP contribution in [0.5, 0.6) is 0 Å². The molecule has 0 radical (unpaired) electrons. The van der Waals surface area contributed by atoms with Crippen molar-refractivity contribution in [3.8, 4) is 0 Å². The maximum absolute atomic E-state index is 12.6. The highest BCUT2D eigenvalue weighted by Gasteiger charge is 2.31. The van der Waals surface area contributed by atoms with Crippen molar-refractivity contribution in [2.24, 2.45) is 29.2 Å². The van der Waals surface area contributed by atoms with E-state index in [1.807, 2.05) is 0 Å². The van der Waals surface area contributed by atoms with Crippen LogP contribution in [0.4, 0.5) is 0 Å². The summed E-state index contributed by atoms with van der Waals surface area (Å²) in [4.78, 5) is 37.2. The standard InChI is InChI=1S/C20H38N4O4/c1-12(2)19(27)16(11-22)23-20(28)18(13(3)25)24-17(26)9-15(10-21)14-7-5-4-6-8-14/h12-16,18,25H,4-11,21-22H2,1-3H3,(H,23,28)(H,24,26)/t13-,15?,16-,18-/m0/s1. The van der Waals surface area contributed by atoms with Crippen LogP contribution in [-0.4, -0.2) is 54.0 Å². The van der Waals surface area contributed by atoms with Crippen molar-refractivity contribution in [1.82, 2.24) is 10.6 Å². The summed E-state index contributed by atoms with van der Waals surface area (Å²) >= 11 is 0. The molecule has 2 amide bonds. The predicted octanol–water partition coefficient (Wildman–Crippen LogP) is 0.0659. The molecule has 1 unspecified atom stereocenters. The molecule has 162 valence electrons. The maximum Gasteiger partial charge on any atom is 0.245 e. The predicted molar refractivity (Wildman–Crippen MR) is 108 cm³/mol. The fourth-order valence-electron chi connectivity index (χ4n) is 3.83. The van der Waals surface area contributed by atoms with Gasteiger partial charge in [-0.15, -0.1) is 0 Å². The third-order valence-corrected chi connectivity index (χ3v) is 5.61. The number of carbonyl (C=O) groups excluding carboxylic acids is 3. The normalized spacial score (nSPS) is 19.5. The second-order valence-electron chi connectivity index (χ2n) is 8.24. The molecule has 28 heavy (non-hydrogen) atoms. The molecule has 1 rings (SSSR count). The molecule has 0 heterocycles. The summed E-state index contributed by atoms with van der Waals surface area (Å²) in [6, 6.07) is -1.99. The number of ketones is 1. The minimum atomic E-state index is -1.15. The molecule has 8 heteroatoms. The number of carbonyl (C=O) groups is 3. The van der Waals surface area contributed by atoms with Gasteiger partial charge in [0.1, 0.15) is 6.04 Å². The van der Waals surface area contributed by atoms with Gasteiger partial charge in [-0.25, -0.2) is 0 Å². The van der Waals surface area contributed by atoms with Gasteiger partial charge in [0.25, 0.3) is 0 Å². The molecule has 0 aliphatic heterocycles. The van der Waals surface area contributed by atoms with E-state index in [2.05, 4.69) is 10.6 Å². The lowest BCUT2D eigenvalue weighted by Gasteiger charge is -2.30. The molecule has 0 aromatic heterocycles. The van der Waals surface area contributed by atoms with E-state index in [1.54, 1.807) is 13.8 Å². The zero-order valence-corrected chi connectivity index (χ0v) is 17.4. The third-order valence-electron chi connectivity index (χ3n) is 5.61. The van der Waals surface area contributed by atoms with Crippen LogP contribution >= 0.6 is 0 Å². The highest BCUT2D eigenvalue weighted by molar-refractivity contribution is 5.93. The van der Waals surface area contributed by atoms with Crippen molar-refractivity contribution in [3.05, 3.63) is 0 Å². The zero-order valence-electron chi connectivity index (χ0n) is 17.4. The summed E-state index contributed by atoms with van der Waals surface area (Å²) in [5.74, 6) is -0.913. The van der Waals surface area contributed by atoms with E-state index in [-0.39, 0.29) is 36.5 Å². The van der Waals surface area contributed by atoms with Gasteiger partial charge in [-0.1, -0.05) is 46.0 Å². The summed E-state index contributed by atoms with van der Waals surface area (Å²) in [7, 11) is 0. The Bertz CT molecular complexity index is 518. The lowest BCUT2D eigenvalue weighted by atomic mass is 9.78. The monoisotopic (exact) mass is 398 g/mol. The topological polar surface area (TPSA) is 148 Å². The lowest BCUT2D eigenvalue weighted by molar-refractivity contribution is -0.134. The first-order chi connectivity index (χ1) is 13.2. The SMILES string of the molecule is CC(C)C(=O)[C@H](CN)NC(=O)[C@@H](NC(=O)CC(CN)C1CCCCC1)[C@H](C)O. The fraction of sp³-hybridized carbons (Fsp3) is 0.850. The number of rotatable bonds is 11. The second kappa shape index (κ2) is 12.1. The van der Waals surface area contributed by atoms with Crippen LogP contribution in [-0.2, 0) is 14.4 Å². The van der Waals surface area contributed by atoms with E-state index in [0.717, 1.165) is 25.7 Å². The number of nitrogens with one attached hydrogen (secondary N) is 2. The van der Waals surface area contributed by atoms with Gasteiger partial charge in [0.05, 0.1) is 12.1 Å². The highest BCUT2D eigenvalue weighted by Crippen LogP contribution is 2.31. The second-order valence-corrected chi connectivity index (χ2v) is 8.24. The van der Waals surface area contributed by atoms with Crippen LogP contribution in [0.3, 0.4) is 0 Å². The van der Waals surface area contributed by atoms with Gasteiger partial charge >= 0.3 is 0 Å². The zero-order chi connectivity index (χ0) is 21.3. The van der Waals surface area contributed by atoms with Crippen molar-refractivity contribution < 1.29 is 19.5 Å². The Morgan fingerprint density at radius 3 is 2.07 bits per heavy atom. The molecule has 1 aliphatic rings. The van der Waals surface area contributed by atoms with Crippen LogP contribution in [0.2, 0.25) is 0 Å². The summed E-state index contributed by atoms with van der Waals surface area (Å²) in [5.41, 5.74) is 11.5. The number of aliphatic hydroxyl groups excluding tert-OH is 1. The van der Waals surface area contributed by atoms with Crippen molar-refractivity contribution >= 4 is 17.6 Å². The van der Waals surface area contributed by atoms with E-state index in [0.29, 0.717) is 12.5 Å². The summed E-state index contributed by atoms with van der Waals surface area (Å²) < 4.78 is 0. The van der Waals surface area contributed by atoms with Gasteiger partial charge in [0.15, 0.2) is 5.78 Å². The smallest absolute Gasteiger partial charge is 0.245 e. The van der Waals surface area contributed by atoms with Crippen LogP contribution < -0.4 is 22.1 Å². The number of hydrogen-bond acceptors (Lipinski definition) is 6. The number of aliphatic hydroxyl groups is 1. The molecule has 1 fully saturated rings. The summed E-state index contributed by atoms with van der Waals surface area (Å²) in [6.45, 7) is 5.25. The quantitative estimate of drug-likeness (QED) is 0.332. The summed E-state index contributed by atoms with van der Waals surface area (Å²) in [5, 5.41) is 15.1. The van der Waals surface area contributed by atoms with E-state index in [9.17, 15) is 19.5 Å².